The Balaban J connectivity index is 1.51. The van der Waals surface area contributed by atoms with Crippen molar-refractivity contribution in [2.24, 2.45) is 0 Å². The molecule has 3 heteroatoms. The fourth-order valence-electron chi connectivity index (χ4n) is 5.23. The maximum atomic E-state index is 13.7. The van der Waals surface area contributed by atoms with Gasteiger partial charge in [0, 0.05) is 21.1 Å². The van der Waals surface area contributed by atoms with Gasteiger partial charge in [0.15, 0.2) is 5.78 Å². The van der Waals surface area contributed by atoms with E-state index in [4.69, 9.17) is 4.98 Å². The monoisotopic (exact) mass is 503 g/mol. The number of carbonyl (C=O) groups excluding carboxylic acids is 1. The summed E-state index contributed by atoms with van der Waals surface area (Å²) in [7, 11) is 0. The molecule has 0 unspecified atom stereocenters. The van der Waals surface area contributed by atoms with Crippen molar-refractivity contribution in [2.75, 3.05) is 0 Å². The molecule has 0 saturated carbocycles. The van der Waals surface area contributed by atoms with E-state index in [0.717, 1.165) is 50.6 Å². The molecule has 5 aromatic rings. The van der Waals surface area contributed by atoms with E-state index in [1.54, 1.807) is 6.08 Å². The number of benzene rings is 4. The SMILES string of the molecule is Cc1nc2ccc(Br)cc2c(-c2ccccc2)c1C(=O)C=Cc1ccc2c3c(cccc13)CC2. The molecule has 0 amide bonds. The minimum absolute atomic E-state index is 0.0334. The number of aryl methyl sites for hydroxylation is 3. The van der Waals surface area contributed by atoms with Crippen LogP contribution in [0.2, 0.25) is 0 Å². The number of ketones is 1. The Bertz CT molecular complexity index is 1620. The molecule has 0 bridgehead atoms. The fourth-order valence-corrected chi connectivity index (χ4v) is 5.59. The van der Waals surface area contributed by atoms with Crippen molar-refractivity contribution in [3.05, 3.63) is 117 Å². The molecule has 1 heterocycles. The summed E-state index contributed by atoms with van der Waals surface area (Å²) in [4.78, 5) is 18.5. The summed E-state index contributed by atoms with van der Waals surface area (Å²) in [5.41, 5.74) is 8.10. The number of halogens is 1. The van der Waals surface area contributed by atoms with Gasteiger partial charge in [-0.3, -0.25) is 9.78 Å². The predicted octanol–water partition coefficient (Wildman–Crippen LogP) is 8.12. The van der Waals surface area contributed by atoms with Crippen LogP contribution in [0.5, 0.6) is 0 Å². The van der Waals surface area contributed by atoms with Crippen molar-refractivity contribution in [3.63, 3.8) is 0 Å². The molecule has 0 spiro atoms. The van der Waals surface area contributed by atoms with Crippen molar-refractivity contribution in [1.29, 1.82) is 0 Å². The first kappa shape index (κ1) is 21.0. The van der Waals surface area contributed by atoms with Crippen LogP contribution in [0.4, 0.5) is 0 Å². The van der Waals surface area contributed by atoms with Gasteiger partial charge in [0.1, 0.15) is 0 Å². The predicted molar refractivity (Wildman–Crippen MR) is 144 cm³/mol. The number of fused-ring (bicyclic) bond motifs is 1. The third-order valence-electron chi connectivity index (χ3n) is 6.76. The van der Waals surface area contributed by atoms with Gasteiger partial charge in [-0.2, -0.15) is 0 Å². The van der Waals surface area contributed by atoms with E-state index in [0.29, 0.717) is 5.56 Å². The van der Waals surface area contributed by atoms with Gasteiger partial charge in [0.05, 0.1) is 11.1 Å². The molecule has 0 saturated heterocycles. The van der Waals surface area contributed by atoms with Crippen LogP contribution in [0.3, 0.4) is 0 Å². The Morgan fingerprint density at radius 2 is 1.68 bits per heavy atom. The lowest BCUT2D eigenvalue weighted by molar-refractivity contribution is 0.104. The molecule has 2 nitrogen and oxygen atoms in total. The van der Waals surface area contributed by atoms with Crippen molar-refractivity contribution in [2.45, 2.75) is 19.8 Å². The summed E-state index contributed by atoms with van der Waals surface area (Å²) in [6, 6.07) is 27.0. The van der Waals surface area contributed by atoms with Gasteiger partial charge in [0.25, 0.3) is 0 Å². The molecule has 1 aliphatic carbocycles. The second kappa shape index (κ2) is 8.34. The molecule has 34 heavy (non-hydrogen) atoms. The fraction of sp³-hybridized carbons (Fsp3) is 0.0968. The standard InChI is InChI=1S/C31H22BrNO/c1-19-29(31(21-6-3-2-4-7-21)26-18-24(32)15-16-27(26)33-19)28(34)17-14-20-10-11-23-13-12-22-8-5-9-25(20)30(22)23/h2-11,14-18H,12-13H2,1H3. The number of hydrogen-bond donors (Lipinski definition) is 0. The molecule has 6 rings (SSSR count). The second-order valence-electron chi connectivity index (χ2n) is 8.83. The highest BCUT2D eigenvalue weighted by molar-refractivity contribution is 9.10. The van der Waals surface area contributed by atoms with Gasteiger partial charge in [-0.15, -0.1) is 0 Å². The zero-order chi connectivity index (χ0) is 23.2. The number of allylic oxidation sites excluding steroid dienone is 1. The third kappa shape index (κ3) is 3.48. The smallest absolute Gasteiger partial charge is 0.188 e. The lowest BCUT2D eigenvalue weighted by Gasteiger charge is -2.14. The lowest BCUT2D eigenvalue weighted by atomic mass is 9.91. The summed E-state index contributed by atoms with van der Waals surface area (Å²) in [5.74, 6) is -0.0334. The molecule has 164 valence electrons. The molecular weight excluding hydrogens is 482 g/mol. The highest BCUT2D eigenvalue weighted by Gasteiger charge is 2.20. The average Bonchev–Trinajstić information content (AvgIpc) is 3.28. The van der Waals surface area contributed by atoms with Gasteiger partial charge >= 0.3 is 0 Å². The van der Waals surface area contributed by atoms with Gasteiger partial charge < -0.3 is 0 Å². The van der Waals surface area contributed by atoms with Crippen LogP contribution in [0.15, 0.2) is 89.4 Å². The normalized spacial score (nSPS) is 12.8. The molecule has 1 aliphatic rings. The zero-order valence-corrected chi connectivity index (χ0v) is 20.4. The number of rotatable bonds is 4. The Kier molecular flexibility index (Phi) is 5.15. The molecule has 0 radical (unpaired) electrons. The highest BCUT2D eigenvalue weighted by atomic mass is 79.9. The van der Waals surface area contributed by atoms with Crippen LogP contribution in [-0.4, -0.2) is 10.8 Å². The zero-order valence-electron chi connectivity index (χ0n) is 18.8. The van der Waals surface area contributed by atoms with Crippen molar-refractivity contribution in [3.8, 4) is 11.1 Å². The van der Waals surface area contributed by atoms with E-state index in [-0.39, 0.29) is 5.78 Å². The van der Waals surface area contributed by atoms with Crippen molar-refractivity contribution >= 4 is 49.5 Å². The van der Waals surface area contributed by atoms with Gasteiger partial charge in [-0.05, 0) is 77.1 Å². The molecule has 0 fully saturated rings. The van der Waals surface area contributed by atoms with E-state index in [9.17, 15) is 4.79 Å². The van der Waals surface area contributed by atoms with Crippen LogP contribution in [0, 0.1) is 6.92 Å². The first-order chi connectivity index (χ1) is 16.6. The third-order valence-corrected chi connectivity index (χ3v) is 7.25. The Labute approximate surface area is 207 Å². The number of nitrogens with zero attached hydrogens (tertiary/aromatic N) is 1. The summed E-state index contributed by atoms with van der Waals surface area (Å²) >= 11 is 3.59. The Morgan fingerprint density at radius 3 is 2.50 bits per heavy atom. The lowest BCUT2D eigenvalue weighted by Crippen LogP contribution is -2.05. The number of pyridine rings is 1. The quantitative estimate of drug-likeness (QED) is 0.183. The van der Waals surface area contributed by atoms with Crippen LogP contribution in [-0.2, 0) is 12.8 Å². The van der Waals surface area contributed by atoms with E-state index in [2.05, 4.69) is 58.4 Å². The second-order valence-corrected chi connectivity index (χ2v) is 9.74. The van der Waals surface area contributed by atoms with E-state index >= 15 is 0 Å². The molecule has 4 aromatic carbocycles. The molecule has 1 aromatic heterocycles. The summed E-state index contributed by atoms with van der Waals surface area (Å²) in [6.45, 7) is 1.92. The number of aromatic nitrogens is 1. The topological polar surface area (TPSA) is 30.0 Å². The van der Waals surface area contributed by atoms with Crippen LogP contribution >= 0.6 is 15.9 Å². The summed E-state index contributed by atoms with van der Waals surface area (Å²) in [5, 5.41) is 3.54. The number of hydrogen-bond acceptors (Lipinski definition) is 2. The van der Waals surface area contributed by atoms with Crippen LogP contribution in [0.25, 0.3) is 38.9 Å². The van der Waals surface area contributed by atoms with Crippen LogP contribution in [0.1, 0.15) is 32.7 Å². The molecule has 0 atom stereocenters. The van der Waals surface area contributed by atoms with E-state index in [1.165, 1.54) is 21.9 Å². The minimum atomic E-state index is -0.0334. The minimum Gasteiger partial charge on any atom is -0.289 e. The largest absolute Gasteiger partial charge is 0.289 e. The Hall–Kier alpha value is -3.56. The molecule has 0 aliphatic heterocycles. The number of carbonyl (C=O) groups is 1. The Morgan fingerprint density at radius 1 is 0.882 bits per heavy atom. The molecular formula is C31H22BrNO. The average molecular weight is 504 g/mol. The molecule has 0 N–H and O–H groups in total. The maximum absolute atomic E-state index is 13.7. The first-order valence-corrected chi connectivity index (χ1v) is 12.3. The van der Waals surface area contributed by atoms with E-state index < -0.39 is 0 Å². The van der Waals surface area contributed by atoms with Gasteiger partial charge in [0.2, 0.25) is 0 Å². The van der Waals surface area contributed by atoms with Crippen molar-refractivity contribution < 1.29 is 4.79 Å². The van der Waals surface area contributed by atoms with Crippen LogP contribution < -0.4 is 0 Å². The van der Waals surface area contributed by atoms with Gasteiger partial charge in [-0.25, -0.2) is 0 Å². The van der Waals surface area contributed by atoms with E-state index in [1.807, 2.05) is 49.4 Å². The highest BCUT2D eigenvalue weighted by Crippen LogP contribution is 2.36. The maximum Gasteiger partial charge on any atom is 0.188 e. The van der Waals surface area contributed by atoms with Crippen molar-refractivity contribution in [1.82, 2.24) is 4.98 Å². The first-order valence-electron chi connectivity index (χ1n) is 11.5. The van der Waals surface area contributed by atoms with Gasteiger partial charge in [-0.1, -0.05) is 82.7 Å². The summed E-state index contributed by atoms with van der Waals surface area (Å²) in [6.07, 6.45) is 5.86. The summed E-state index contributed by atoms with van der Waals surface area (Å²) < 4.78 is 0.963.